The number of hydrogen-bond donors (Lipinski definition) is 2. The van der Waals surface area contributed by atoms with Gasteiger partial charge in [0, 0.05) is 37.4 Å². The number of rotatable bonds is 7. The van der Waals surface area contributed by atoms with Crippen LogP contribution < -0.4 is 5.32 Å². The third kappa shape index (κ3) is 4.66. The predicted molar refractivity (Wildman–Crippen MR) is 78.6 cm³/mol. The first-order chi connectivity index (χ1) is 9.62. The third-order valence-electron chi connectivity index (χ3n) is 3.01. The normalized spacial score (nSPS) is 10.2. The first-order valence-electron chi connectivity index (χ1n) is 6.92. The van der Waals surface area contributed by atoms with Gasteiger partial charge in [0.1, 0.15) is 0 Å². The zero-order valence-corrected chi connectivity index (χ0v) is 12.1. The van der Waals surface area contributed by atoms with Gasteiger partial charge in [0.25, 0.3) is 5.91 Å². The molecule has 0 aliphatic heterocycles. The molecule has 0 spiro atoms. The third-order valence-corrected chi connectivity index (χ3v) is 3.01. The number of hydrogen-bond acceptors (Lipinski definition) is 3. The molecule has 1 aromatic rings. The van der Waals surface area contributed by atoms with Gasteiger partial charge < -0.3 is 15.3 Å². The molecule has 20 heavy (non-hydrogen) atoms. The molecule has 0 saturated heterocycles. The van der Waals surface area contributed by atoms with Gasteiger partial charge in [-0.3, -0.25) is 9.59 Å². The Morgan fingerprint density at radius 1 is 1.25 bits per heavy atom. The standard InChI is InChI=1S/C15H22N2O3/c1-3-17(4-2)15(20)12-7-5-8-13(11-12)16-14(19)9-6-10-18/h5,7-8,11,18H,3-4,6,9-10H2,1-2H3,(H,16,19). The largest absolute Gasteiger partial charge is 0.396 e. The number of nitrogens with one attached hydrogen (secondary N) is 1. The SMILES string of the molecule is CCN(CC)C(=O)c1cccc(NC(=O)CCCO)c1. The molecule has 1 aromatic carbocycles. The Bertz CT molecular complexity index is 456. The van der Waals surface area contributed by atoms with Crippen LogP contribution >= 0.6 is 0 Å². The van der Waals surface area contributed by atoms with Crippen molar-refractivity contribution in [2.45, 2.75) is 26.7 Å². The molecule has 0 saturated carbocycles. The molecule has 0 atom stereocenters. The molecule has 0 radical (unpaired) electrons. The molecule has 0 aliphatic carbocycles. The molecular weight excluding hydrogens is 256 g/mol. The van der Waals surface area contributed by atoms with E-state index in [0.717, 1.165) is 0 Å². The maximum atomic E-state index is 12.2. The predicted octanol–water partition coefficient (Wildman–Crippen LogP) is 1.88. The summed E-state index contributed by atoms with van der Waals surface area (Å²) in [7, 11) is 0. The second kappa shape index (κ2) is 8.32. The second-order valence-electron chi connectivity index (χ2n) is 4.43. The van der Waals surface area contributed by atoms with Gasteiger partial charge >= 0.3 is 0 Å². The highest BCUT2D eigenvalue weighted by molar-refractivity contribution is 5.97. The number of nitrogens with zero attached hydrogens (tertiary/aromatic N) is 1. The van der Waals surface area contributed by atoms with Gasteiger partial charge in [-0.15, -0.1) is 0 Å². The number of carbonyl (C=O) groups is 2. The van der Waals surface area contributed by atoms with Crippen molar-refractivity contribution in [2.24, 2.45) is 0 Å². The lowest BCUT2D eigenvalue weighted by Gasteiger charge is -2.19. The molecule has 0 bridgehead atoms. The lowest BCUT2D eigenvalue weighted by atomic mass is 10.1. The smallest absolute Gasteiger partial charge is 0.253 e. The minimum absolute atomic E-state index is 0.00605. The number of aliphatic hydroxyl groups excluding tert-OH is 1. The van der Waals surface area contributed by atoms with E-state index in [1.165, 1.54) is 0 Å². The van der Waals surface area contributed by atoms with E-state index >= 15 is 0 Å². The van der Waals surface area contributed by atoms with Crippen LogP contribution in [0.2, 0.25) is 0 Å². The van der Waals surface area contributed by atoms with E-state index < -0.39 is 0 Å². The Morgan fingerprint density at radius 3 is 2.55 bits per heavy atom. The topological polar surface area (TPSA) is 69.6 Å². The van der Waals surface area contributed by atoms with Gasteiger partial charge in [-0.1, -0.05) is 6.07 Å². The van der Waals surface area contributed by atoms with Gasteiger partial charge in [-0.25, -0.2) is 0 Å². The summed E-state index contributed by atoms with van der Waals surface area (Å²) < 4.78 is 0. The Labute approximate surface area is 119 Å². The van der Waals surface area contributed by atoms with Gasteiger partial charge in [-0.2, -0.15) is 0 Å². The van der Waals surface area contributed by atoms with Gasteiger partial charge in [0.05, 0.1) is 0 Å². The lowest BCUT2D eigenvalue weighted by molar-refractivity contribution is -0.116. The maximum absolute atomic E-state index is 12.2. The van der Waals surface area contributed by atoms with Crippen LogP contribution in [0.5, 0.6) is 0 Å². The van der Waals surface area contributed by atoms with E-state index in [2.05, 4.69) is 5.32 Å². The van der Waals surface area contributed by atoms with E-state index in [-0.39, 0.29) is 24.8 Å². The van der Waals surface area contributed by atoms with Crippen molar-refractivity contribution in [3.8, 4) is 0 Å². The molecule has 2 amide bonds. The number of aliphatic hydroxyl groups is 1. The zero-order chi connectivity index (χ0) is 15.0. The maximum Gasteiger partial charge on any atom is 0.253 e. The van der Waals surface area contributed by atoms with Crippen molar-refractivity contribution in [1.82, 2.24) is 4.90 Å². The van der Waals surface area contributed by atoms with Crippen LogP contribution in [0.1, 0.15) is 37.0 Å². The minimum Gasteiger partial charge on any atom is -0.396 e. The van der Waals surface area contributed by atoms with Gasteiger partial charge in [-0.05, 0) is 38.5 Å². The van der Waals surface area contributed by atoms with E-state index in [4.69, 9.17) is 5.11 Å². The summed E-state index contributed by atoms with van der Waals surface area (Å²) in [5, 5.41) is 11.4. The molecule has 0 unspecified atom stereocenters. The summed E-state index contributed by atoms with van der Waals surface area (Å²) >= 11 is 0. The van der Waals surface area contributed by atoms with Crippen molar-refractivity contribution in [2.75, 3.05) is 25.0 Å². The van der Waals surface area contributed by atoms with Crippen LogP contribution in [0, 0.1) is 0 Å². The number of benzene rings is 1. The first-order valence-corrected chi connectivity index (χ1v) is 6.92. The average molecular weight is 278 g/mol. The van der Waals surface area contributed by atoms with Crippen LogP contribution in [-0.2, 0) is 4.79 Å². The van der Waals surface area contributed by atoms with E-state index in [1.807, 2.05) is 13.8 Å². The Kier molecular flexibility index (Phi) is 6.73. The molecule has 5 nitrogen and oxygen atoms in total. The summed E-state index contributed by atoms with van der Waals surface area (Å²) in [6, 6.07) is 6.91. The zero-order valence-electron chi connectivity index (χ0n) is 12.1. The van der Waals surface area contributed by atoms with Crippen molar-refractivity contribution >= 4 is 17.5 Å². The molecule has 0 fully saturated rings. The summed E-state index contributed by atoms with van der Waals surface area (Å²) in [6.07, 6.45) is 0.703. The van der Waals surface area contributed by atoms with Crippen LogP contribution in [-0.4, -0.2) is 41.5 Å². The van der Waals surface area contributed by atoms with Crippen molar-refractivity contribution in [3.63, 3.8) is 0 Å². The Hall–Kier alpha value is -1.88. The number of amides is 2. The van der Waals surface area contributed by atoms with Crippen LogP contribution in [0.15, 0.2) is 24.3 Å². The van der Waals surface area contributed by atoms with E-state index in [0.29, 0.717) is 30.8 Å². The number of anilines is 1. The van der Waals surface area contributed by atoms with Crippen LogP contribution in [0.3, 0.4) is 0 Å². The fraction of sp³-hybridized carbons (Fsp3) is 0.467. The second-order valence-corrected chi connectivity index (χ2v) is 4.43. The highest BCUT2D eigenvalue weighted by Gasteiger charge is 2.13. The summed E-state index contributed by atoms with van der Waals surface area (Å²) in [5.74, 6) is -0.201. The minimum atomic E-state index is -0.161. The van der Waals surface area contributed by atoms with Crippen molar-refractivity contribution in [1.29, 1.82) is 0 Å². The molecule has 5 heteroatoms. The van der Waals surface area contributed by atoms with Gasteiger partial charge in [0.2, 0.25) is 5.91 Å². The molecule has 0 aliphatic rings. The highest BCUT2D eigenvalue weighted by atomic mass is 16.3. The van der Waals surface area contributed by atoms with Crippen LogP contribution in [0.25, 0.3) is 0 Å². The van der Waals surface area contributed by atoms with Gasteiger partial charge in [0.15, 0.2) is 0 Å². The molecule has 110 valence electrons. The summed E-state index contributed by atoms with van der Waals surface area (Å²) in [5.41, 5.74) is 1.17. The molecule has 0 aromatic heterocycles. The van der Waals surface area contributed by atoms with E-state index in [9.17, 15) is 9.59 Å². The fourth-order valence-corrected chi connectivity index (χ4v) is 1.89. The summed E-state index contributed by atoms with van der Waals surface area (Å²) in [6.45, 7) is 5.17. The quantitative estimate of drug-likeness (QED) is 0.800. The van der Waals surface area contributed by atoms with Crippen LogP contribution in [0.4, 0.5) is 5.69 Å². The summed E-state index contributed by atoms with van der Waals surface area (Å²) in [4.78, 5) is 25.5. The number of carbonyl (C=O) groups excluding carboxylic acids is 2. The molecule has 0 heterocycles. The average Bonchev–Trinajstić information content (AvgIpc) is 2.46. The molecular formula is C15H22N2O3. The first kappa shape index (κ1) is 16.2. The Morgan fingerprint density at radius 2 is 1.95 bits per heavy atom. The van der Waals surface area contributed by atoms with Crippen molar-refractivity contribution in [3.05, 3.63) is 29.8 Å². The lowest BCUT2D eigenvalue weighted by Crippen LogP contribution is -2.30. The van der Waals surface area contributed by atoms with Crippen molar-refractivity contribution < 1.29 is 14.7 Å². The highest BCUT2D eigenvalue weighted by Crippen LogP contribution is 2.13. The molecule has 2 N–H and O–H groups in total. The van der Waals surface area contributed by atoms with E-state index in [1.54, 1.807) is 29.2 Å². The monoisotopic (exact) mass is 278 g/mol. The Balaban J connectivity index is 2.75. The molecule has 1 rings (SSSR count). The fourth-order valence-electron chi connectivity index (χ4n) is 1.89.